The molecule has 2 aliphatic heterocycles. The van der Waals surface area contributed by atoms with E-state index in [2.05, 4.69) is 260 Å². The molecule has 0 fully saturated rings. The predicted octanol–water partition coefficient (Wildman–Crippen LogP) is 16.7. The molecule has 1 aliphatic carbocycles. The van der Waals surface area contributed by atoms with Gasteiger partial charge in [0.2, 0.25) is 0 Å². The van der Waals surface area contributed by atoms with Crippen LogP contribution in [0.1, 0.15) is 153 Å². The van der Waals surface area contributed by atoms with Crippen LogP contribution in [0.25, 0.3) is 0 Å². The smallest absolute Gasteiger partial charge is 0.252 e. The number of hydrogen-bond acceptors (Lipinski definition) is 3. The Labute approximate surface area is 422 Å². The van der Waals surface area contributed by atoms with Crippen molar-refractivity contribution in [3.63, 3.8) is 0 Å². The number of aryl methyl sites for hydroxylation is 4. The van der Waals surface area contributed by atoms with E-state index in [1.54, 1.807) is 0 Å². The number of para-hydroxylation sites is 2. The van der Waals surface area contributed by atoms with Gasteiger partial charge in [-0.3, -0.25) is 0 Å². The highest BCUT2D eigenvalue weighted by Gasteiger charge is 2.48. The zero-order valence-electron chi connectivity index (χ0n) is 45.5. The highest BCUT2D eigenvalue weighted by molar-refractivity contribution is 7.00. The normalized spacial score (nSPS) is 15.8. The van der Waals surface area contributed by atoms with E-state index < -0.39 is 0 Å². The van der Waals surface area contributed by atoms with Gasteiger partial charge < -0.3 is 14.7 Å². The number of benzene rings is 7. The van der Waals surface area contributed by atoms with Crippen molar-refractivity contribution in [1.82, 2.24) is 0 Å². The average molecular weight is 922 g/mol. The van der Waals surface area contributed by atoms with Gasteiger partial charge in [-0.05, 0) is 189 Å². The lowest BCUT2D eigenvalue weighted by Crippen LogP contribution is -2.62. The lowest BCUT2D eigenvalue weighted by atomic mass is 9.33. The Balaban J connectivity index is 1.34. The molecule has 10 rings (SSSR count). The maximum atomic E-state index is 2.72. The second-order valence-electron chi connectivity index (χ2n) is 25.7. The number of fused-ring (bicyclic) bond motifs is 5. The summed E-state index contributed by atoms with van der Waals surface area (Å²) in [6.45, 7) is 40.3. The van der Waals surface area contributed by atoms with Crippen molar-refractivity contribution in [2.45, 2.75) is 158 Å². The first-order valence-corrected chi connectivity index (χ1v) is 26.0. The fourth-order valence-electron chi connectivity index (χ4n) is 12.1. The molecule has 0 unspecified atom stereocenters. The summed E-state index contributed by atoms with van der Waals surface area (Å²) in [7, 11) is 0. The average Bonchev–Trinajstić information content (AvgIpc) is 3.28. The van der Waals surface area contributed by atoms with Gasteiger partial charge in [-0.25, -0.2) is 0 Å². The minimum Gasteiger partial charge on any atom is -0.311 e. The van der Waals surface area contributed by atoms with Crippen LogP contribution < -0.4 is 31.1 Å². The van der Waals surface area contributed by atoms with Crippen molar-refractivity contribution in [3.05, 3.63) is 177 Å². The van der Waals surface area contributed by atoms with E-state index in [0.717, 1.165) is 29.9 Å². The third-order valence-corrected chi connectivity index (χ3v) is 16.4. The molecule has 0 amide bonds. The molecule has 3 nitrogen and oxygen atoms in total. The van der Waals surface area contributed by atoms with E-state index in [4.69, 9.17) is 0 Å². The van der Waals surface area contributed by atoms with Crippen LogP contribution in [0.2, 0.25) is 0 Å². The summed E-state index contributed by atoms with van der Waals surface area (Å²) in [5.41, 5.74) is 27.4. The fraction of sp³-hybridized carbons (Fsp3) is 0.364. The third kappa shape index (κ3) is 7.80. The molecule has 0 radical (unpaired) electrons. The van der Waals surface area contributed by atoms with Crippen LogP contribution in [0.3, 0.4) is 0 Å². The van der Waals surface area contributed by atoms with Crippen LogP contribution in [0.15, 0.2) is 127 Å². The molecule has 2 heterocycles. The molecular weight excluding hydrogens is 846 g/mol. The highest BCUT2D eigenvalue weighted by Crippen LogP contribution is 2.53. The lowest BCUT2D eigenvalue weighted by Gasteiger charge is -2.48. The van der Waals surface area contributed by atoms with Gasteiger partial charge in [0.15, 0.2) is 0 Å². The third-order valence-electron chi connectivity index (χ3n) is 16.4. The van der Waals surface area contributed by atoms with Crippen molar-refractivity contribution in [3.8, 4) is 0 Å². The maximum Gasteiger partial charge on any atom is 0.252 e. The van der Waals surface area contributed by atoms with Gasteiger partial charge >= 0.3 is 0 Å². The summed E-state index contributed by atoms with van der Waals surface area (Å²) < 4.78 is 0. The van der Waals surface area contributed by atoms with Crippen LogP contribution in [0.4, 0.5) is 51.2 Å². The highest BCUT2D eigenvalue weighted by atomic mass is 15.2. The molecule has 358 valence electrons. The van der Waals surface area contributed by atoms with E-state index >= 15 is 0 Å². The molecule has 0 atom stereocenters. The number of hydrogen-bond donors (Lipinski definition) is 0. The second-order valence-corrected chi connectivity index (χ2v) is 25.7. The Kier molecular flexibility index (Phi) is 11.1. The van der Waals surface area contributed by atoms with Crippen LogP contribution in [0, 0.1) is 27.7 Å². The van der Waals surface area contributed by atoms with Crippen molar-refractivity contribution < 1.29 is 0 Å². The van der Waals surface area contributed by atoms with Crippen LogP contribution in [-0.4, -0.2) is 6.71 Å². The standard InChI is InChI=1S/C66H76BN3/c1-41-22-21-23-42(2)60(41)69-55-38-50(68(48-24-19-18-20-25-48)49-28-26-45(27-29-49)62(5,6)7)30-31-53(55)67-54-39-51-52(66(16,17)33-32-65(51,14)15)40-56(54)70(58-37-47(64(11,12)13)36-57(69)59(58)67)61-43(3)34-46(35-44(61)4)63(8,9)10/h18-31,34-40H,32-33H2,1-17H3. The van der Waals surface area contributed by atoms with E-state index in [9.17, 15) is 0 Å². The molecule has 0 saturated heterocycles. The molecule has 70 heavy (non-hydrogen) atoms. The van der Waals surface area contributed by atoms with Gasteiger partial charge in [0.25, 0.3) is 6.71 Å². The van der Waals surface area contributed by atoms with E-state index in [0.29, 0.717) is 0 Å². The maximum absolute atomic E-state index is 2.72. The predicted molar refractivity (Wildman–Crippen MR) is 305 cm³/mol. The summed E-state index contributed by atoms with van der Waals surface area (Å²) >= 11 is 0. The molecular formula is C66H76BN3. The molecule has 0 N–H and O–H groups in total. The summed E-state index contributed by atoms with van der Waals surface area (Å²) in [6, 6.07) is 49.8. The largest absolute Gasteiger partial charge is 0.311 e. The first-order chi connectivity index (χ1) is 32.8. The second kappa shape index (κ2) is 16.3. The topological polar surface area (TPSA) is 9.72 Å². The van der Waals surface area contributed by atoms with Gasteiger partial charge in [0.1, 0.15) is 0 Å². The molecule has 4 heteroatoms. The van der Waals surface area contributed by atoms with Crippen LogP contribution >= 0.6 is 0 Å². The zero-order valence-corrected chi connectivity index (χ0v) is 45.5. The molecule has 3 aliphatic rings. The fourth-order valence-corrected chi connectivity index (χ4v) is 12.1. The number of rotatable bonds is 5. The summed E-state index contributed by atoms with van der Waals surface area (Å²) in [6.07, 6.45) is 2.32. The summed E-state index contributed by atoms with van der Waals surface area (Å²) in [5.74, 6) is 0. The zero-order chi connectivity index (χ0) is 50.2. The van der Waals surface area contributed by atoms with Crippen molar-refractivity contribution in [1.29, 1.82) is 0 Å². The number of nitrogens with zero attached hydrogens (tertiary/aromatic N) is 3. The first kappa shape index (κ1) is 47.7. The van der Waals surface area contributed by atoms with Gasteiger partial charge in [0, 0.05) is 39.8 Å². The monoisotopic (exact) mass is 922 g/mol. The minimum atomic E-state index is -0.132. The molecule has 0 aromatic heterocycles. The van der Waals surface area contributed by atoms with Crippen molar-refractivity contribution in [2.75, 3.05) is 14.7 Å². The van der Waals surface area contributed by atoms with Gasteiger partial charge in [-0.2, -0.15) is 0 Å². The SMILES string of the molecule is Cc1cccc(C)c1N1c2cc(N(c3ccccc3)c3ccc(C(C)(C)C)cc3)ccc2B2c3cc4c(cc3N(c3c(C)cc(C(C)(C)C)cc3C)c3cc(C(C)(C)C)cc1c32)C(C)(C)CCC4(C)C. The summed E-state index contributed by atoms with van der Waals surface area (Å²) in [5, 5.41) is 0. The van der Waals surface area contributed by atoms with E-state index in [1.165, 1.54) is 101 Å². The van der Waals surface area contributed by atoms with Gasteiger partial charge in [-0.15, -0.1) is 0 Å². The first-order valence-electron chi connectivity index (χ1n) is 26.0. The molecule has 0 bridgehead atoms. The van der Waals surface area contributed by atoms with E-state index in [1.807, 2.05) is 0 Å². The Hall–Kier alpha value is -6.00. The van der Waals surface area contributed by atoms with Crippen LogP contribution in [-0.2, 0) is 27.1 Å². The Morgan fingerprint density at radius 3 is 1.40 bits per heavy atom. The molecule has 0 spiro atoms. The molecule has 0 saturated carbocycles. The Morgan fingerprint density at radius 2 is 0.871 bits per heavy atom. The Bertz CT molecular complexity index is 3160. The summed E-state index contributed by atoms with van der Waals surface area (Å²) in [4.78, 5) is 7.83. The minimum absolute atomic E-state index is 0.00765. The van der Waals surface area contributed by atoms with Gasteiger partial charge in [0.05, 0.1) is 11.4 Å². The quantitative estimate of drug-likeness (QED) is 0.159. The Morgan fingerprint density at radius 1 is 0.414 bits per heavy atom. The molecule has 7 aromatic rings. The van der Waals surface area contributed by atoms with Crippen molar-refractivity contribution >= 4 is 74.3 Å². The lowest BCUT2D eigenvalue weighted by molar-refractivity contribution is 0.332. The van der Waals surface area contributed by atoms with Crippen molar-refractivity contribution in [2.24, 2.45) is 0 Å². The number of anilines is 9. The van der Waals surface area contributed by atoms with Crippen LogP contribution in [0.5, 0.6) is 0 Å². The van der Waals surface area contributed by atoms with Gasteiger partial charge in [-0.1, -0.05) is 163 Å². The van der Waals surface area contributed by atoms with E-state index in [-0.39, 0.29) is 33.8 Å². The molecule has 7 aromatic carbocycles.